The third-order valence-corrected chi connectivity index (χ3v) is 10.1. The van der Waals surface area contributed by atoms with Crippen molar-refractivity contribution in [3.05, 3.63) is 142 Å². The number of ether oxygens (including phenoxy) is 3. The lowest BCUT2D eigenvalue weighted by Crippen LogP contribution is -2.52. The topological polar surface area (TPSA) is 114 Å². The number of hydrogen-bond donors (Lipinski definition) is 2. The van der Waals surface area contributed by atoms with E-state index in [9.17, 15) is 19.5 Å². The van der Waals surface area contributed by atoms with E-state index in [1.54, 1.807) is 12.1 Å². The number of esters is 2. The molecule has 1 amide bonds. The van der Waals surface area contributed by atoms with Gasteiger partial charge < -0.3 is 24.6 Å². The highest BCUT2D eigenvalue weighted by Gasteiger charge is 2.74. The van der Waals surface area contributed by atoms with E-state index in [0.29, 0.717) is 22.6 Å². The van der Waals surface area contributed by atoms with Crippen LogP contribution in [0.15, 0.2) is 116 Å². The van der Waals surface area contributed by atoms with E-state index < -0.39 is 53.4 Å². The zero-order valence-electron chi connectivity index (χ0n) is 25.8. The first-order valence-electron chi connectivity index (χ1n) is 15.7. The Bertz CT molecular complexity index is 1850. The van der Waals surface area contributed by atoms with Crippen molar-refractivity contribution in [3.8, 4) is 5.75 Å². The molecular formula is C38H33IN2O7. The number of amides is 1. The van der Waals surface area contributed by atoms with Gasteiger partial charge in [0.05, 0.1) is 18.7 Å². The molecule has 3 aliphatic heterocycles. The van der Waals surface area contributed by atoms with Crippen LogP contribution in [0, 0.1) is 9.49 Å². The Balaban J connectivity index is 1.53. The van der Waals surface area contributed by atoms with Gasteiger partial charge in [0.1, 0.15) is 42.4 Å². The predicted octanol–water partition coefficient (Wildman–Crippen LogP) is 5.66. The number of carbonyl (C=O) groups is 3. The fourth-order valence-corrected chi connectivity index (χ4v) is 8.16. The SMILES string of the molecule is C=CCOC(=O)C1C2C(=O)OC(c3ccccc3)C(c3ccccc3)N2C(c2ccc(OCCO)cc2)C12C(=O)Nc1ccc(I)cc12. The van der Waals surface area contributed by atoms with Crippen LogP contribution in [0.3, 0.4) is 0 Å². The minimum atomic E-state index is -1.59. The largest absolute Gasteiger partial charge is 0.491 e. The maximum Gasteiger partial charge on any atom is 0.325 e. The molecule has 10 heteroatoms. The number of nitrogens with one attached hydrogen (secondary N) is 1. The van der Waals surface area contributed by atoms with Crippen LogP contribution in [0.5, 0.6) is 5.75 Å². The summed E-state index contributed by atoms with van der Waals surface area (Å²) in [7, 11) is 0. The smallest absolute Gasteiger partial charge is 0.325 e. The normalized spacial score (nSPS) is 25.9. The standard InChI is InChI=1S/C38H33IN2O7/c1-2-20-47-35(43)30-32-36(44)48-33(24-11-7-4-8-12-24)31(23-9-5-3-6-10-23)41(32)34(25-13-16-27(17-14-25)46-21-19-42)38(30)28-22-26(39)15-18-29(28)40-37(38)45/h2-18,22,30-34,42H,1,19-21H2,(H,40,45). The molecule has 7 rings (SSSR count). The molecule has 2 fully saturated rings. The summed E-state index contributed by atoms with van der Waals surface area (Å²) in [6.07, 6.45) is 0.704. The minimum Gasteiger partial charge on any atom is -0.491 e. The molecule has 0 aliphatic carbocycles. The van der Waals surface area contributed by atoms with E-state index in [-0.39, 0.29) is 19.8 Å². The number of anilines is 1. The lowest BCUT2D eigenvalue weighted by molar-refractivity contribution is -0.180. The summed E-state index contributed by atoms with van der Waals surface area (Å²) in [6.45, 7) is 3.59. The van der Waals surface area contributed by atoms with E-state index >= 15 is 0 Å². The maximum absolute atomic E-state index is 14.8. The minimum absolute atomic E-state index is 0.0930. The number of benzene rings is 4. The number of morpholine rings is 1. The molecule has 9 nitrogen and oxygen atoms in total. The molecule has 0 saturated carbocycles. The number of cyclic esters (lactones) is 1. The number of nitrogens with zero attached hydrogens (tertiary/aromatic N) is 1. The summed E-state index contributed by atoms with van der Waals surface area (Å²) in [5.41, 5.74) is 1.91. The highest BCUT2D eigenvalue weighted by atomic mass is 127. The predicted molar refractivity (Wildman–Crippen MR) is 186 cm³/mol. The van der Waals surface area contributed by atoms with Crippen molar-refractivity contribution < 1.29 is 33.7 Å². The van der Waals surface area contributed by atoms with Gasteiger partial charge in [-0.2, -0.15) is 0 Å². The second-order valence-electron chi connectivity index (χ2n) is 12.0. The van der Waals surface area contributed by atoms with E-state index in [4.69, 9.17) is 14.2 Å². The van der Waals surface area contributed by atoms with Crippen LogP contribution in [0.1, 0.15) is 40.4 Å². The van der Waals surface area contributed by atoms with Gasteiger partial charge >= 0.3 is 11.9 Å². The third kappa shape index (κ3) is 5.19. The summed E-state index contributed by atoms with van der Waals surface area (Å²) in [4.78, 5) is 45.8. The first-order valence-corrected chi connectivity index (χ1v) is 16.8. The first-order chi connectivity index (χ1) is 23.4. The summed E-state index contributed by atoms with van der Waals surface area (Å²) < 4.78 is 18.6. The molecular weight excluding hydrogens is 723 g/mol. The van der Waals surface area contributed by atoms with Crippen LogP contribution in [0.25, 0.3) is 0 Å². The van der Waals surface area contributed by atoms with E-state index in [2.05, 4.69) is 34.5 Å². The summed E-state index contributed by atoms with van der Waals surface area (Å²) in [6, 6.07) is 29.5. The Hall–Kier alpha value is -4.52. The first kappa shape index (κ1) is 32.0. The van der Waals surface area contributed by atoms with Gasteiger partial charge in [-0.1, -0.05) is 85.5 Å². The van der Waals surface area contributed by atoms with Crippen molar-refractivity contribution in [2.45, 2.75) is 29.6 Å². The van der Waals surface area contributed by atoms with Gasteiger partial charge in [0.2, 0.25) is 5.91 Å². The molecule has 3 aliphatic rings. The number of halogens is 1. The number of fused-ring (bicyclic) bond motifs is 3. The lowest BCUT2D eigenvalue weighted by Gasteiger charge is -2.46. The van der Waals surface area contributed by atoms with E-state index in [0.717, 1.165) is 14.7 Å². The van der Waals surface area contributed by atoms with Gasteiger partial charge in [0.15, 0.2) is 0 Å². The number of aliphatic hydroxyl groups is 1. The second-order valence-corrected chi connectivity index (χ2v) is 13.2. The lowest BCUT2D eigenvalue weighted by atomic mass is 9.65. The fraction of sp³-hybridized carbons (Fsp3) is 0.237. The molecule has 2 saturated heterocycles. The van der Waals surface area contributed by atoms with Crippen molar-refractivity contribution in [1.29, 1.82) is 0 Å². The molecule has 0 aromatic heterocycles. The monoisotopic (exact) mass is 756 g/mol. The Morgan fingerprint density at radius 2 is 1.62 bits per heavy atom. The zero-order valence-corrected chi connectivity index (χ0v) is 28.0. The summed E-state index contributed by atoms with van der Waals surface area (Å²) in [5, 5.41) is 12.4. The van der Waals surface area contributed by atoms with Gasteiger partial charge in [0.25, 0.3) is 0 Å². The van der Waals surface area contributed by atoms with Crippen molar-refractivity contribution in [1.82, 2.24) is 4.90 Å². The van der Waals surface area contributed by atoms with Gasteiger partial charge in [-0.15, -0.1) is 0 Å². The van der Waals surface area contributed by atoms with Crippen molar-refractivity contribution in [2.75, 3.05) is 25.1 Å². The van der Waals surface area contributed by atoms with Gasteiger partial charge in [-0.25, -0.2) is 0 Å². The molecule has 2 N–H and O–H groups in total. The highest BCUT2D eigenvalue weighted by Crippen LogP contribution is 2.65. The fourth-order valence-electron chi connectivity index (χ4n) is 7.67. The highest BCUT2D eigenvalue weighted by molar-refractivity contribution is 14.1. The average Bonchev–Trinajstić information content (AvgIpc) is 3.59. The second kappa shape index (κ2) is 13.2. The number of carbonyl (C=O) groups excluding carboxylic acids is 3. The molecule has 48 heavy (non-hydrogen) atoms. The molecule has 1 spiro atoms. The Morgan fingerprint density at radius 3 is 2.29 bits per heavy atom. The maximum atomic E-state index is 14.8. The Labute approximate surface area is 291 Å². The summed E-state index contributed by atoms with van der Waals surface area (Å²) in [5.74, 6) is -2.46. The third-order valence-electron chi connectivity index (χ3n) is 9.42. The summed E-state index contributed by atoms with van der Waals surface area (Å²) >= 11 is 2.20. The quantitative estimate of drug-likeness (QED) is 0.128. The van der Waals surface area contributed by atoms with Crippen LogP contribution in [0.2, 0.25) is 0 Å². The van der Waals surface area contributed by atoms with Gasteiger partial charge in [-0.05, 0) is 75.2 Å². The van der Waals surface area contributed by atoms with Gasteiger partial charge in [0, 0.05) is 9.26 Å². The van der Waals surface area contributed by atoms with Crippen molar-refractivity contribution >= 4 is 46.1 Å². The molecule has 3 heterocycles. The van der Waals surface area contributed by atoms with Crippen LogP contribution in [-0.2, 0) is 29.3 Å². The van der Waals surface area contributed by atoms with Crippen LogP contribution >= 0.6 is 22.6 Å². The Kier molecular flexibility index (Phi) is 8.80. The number of hydrogen-bond acceptors (Lipinski definition) is 8. The average molecular weight is 757 g/mol. The molecule has 6 atom stereocenters. The molecule has 244 valence electrons. The zero-order chi connectivity index (χ0) is 33.4. The molecule has 0 radical (unpaired) electrons. The van der Waals surface area contributed by atoms with Crippen LogP contribution < -0.4 is 10.1 Å². The molecule has 4 aromatic carbocycles. The number of rotatable bonds is 9. The van der Waals surface area contributed by atoms with Crippen LogP contribution in [-0.4, -0.2) is 53.7 Å². The molecule has 4 aromatic rings. The van der Waals surface area contributed by atoms with Gasteiger partial charge in [-0.3, -0.25) is 19.3 Å². The van der Waals surface area contributed by atoms with Crippen LogP contribution in [0.4, 0.5) is 5.69 Å². The van der Waals surface area contributed by atoms with E-state index in [1.807, 2.05) is 95.9 Å². The number of aliphatic hydroxyl groups excluding tert-OH is 1. The molecule has 0 bridgehead atoms. The molecule has 6 unspecified atom stereocenters. The van der Waals surface area contributed by atoms with Crippen molar-refractivity contribution in [3.63, 3.8) is 0 Å². The Morgan fingerprint density at radius 1 is 0.938 bits per heavy atom. The van der Waals surface area contributed by atoms with Crippen molar-refractivity contribution in [2.24, 2.45) is 5.92 Å². The van der Waals surface area contributed by atoms with E-state index in [1.165, 1.54) is 6.08 Å².